The molecule has 0 spiro atoms. The van der Waals surface area contributed by atoms with Crippen LogP contribution in [0.5, 0.6) is 0 Å². The number of hydrogen-bond donors (Lipinski definition) is 2. The largest absolute Gasteiger partial charge is 0.357 e. The molecule has 0 aromatic carbocycles. The lowest BCUT2D eigenvalue weighted by atomic mass is 10.1. The number of guanidine groups is 1. The van der Waals surface area contributed by atoms with Crippen LogP contribution in [-0.2, 0) is 17.8 Å². The van der Waals surface area contributed by atoms with Crippen LogP contribution >= 0.6 is 24.0 Å². The number of aryl methyl sites for hydroxylation is 2. The maximum Gasteiger partial charge on any atom is 0.243 e. The highest BCUT2D eigenvalue weighted by Crippen LogP contribution is 2.12. The van der Waals surface area contributed by atoms with Gasteiger partial charge in [-0.2, -0.15) is 5.10 Å². The van der Waals surface area contributed by atoms with Gasteiger partial charge in [0.1, 0.15) is 18.2 Å². The monoisotopic (exact) mass is 435 g/mol. The molecule has 23 heavy (non-hydrogen) atoms. The third kappa shape index (κ3) is 5.63. The number of amides is 1. The van der Waals surface area contributed by atoms with Gasteiger partial charge in [-0.05, 0) is 20.3 Å². The van der Waals surface area contributed by atoms with Gasteiger partial charge in [-0.3, -0.25) is 4.79 Å². The maximum absolute atomic E-state index is 11.7. The fourth-order valence-electron chi connectivity index (χ4n) is 2.35. The molecule has 1 atom stereocenters. The number of aliphatic imine (C=N–C) groups is 1. The van der Waals surface area contributed by atoms with Gasteiger partial charge in [-0.1, -0.05) is 0 Å². The van der Waals surface area contributed by atoms with Gasteiger partial charge in [0.05, 0.1) is 6.54 Å². The highest BCUT2D eigenvalue weighted by Gasteiger charge is 2.21. The maximum atomic E-state index is 11.7. The second-order valence-electron chi connectivity index (χ2n) is 5.62. The summed E-state index contributed by atoms with van der Waals surface area (Å²) in [6.07, 6.45) is 1.87. The van der Waals surface area contributed by atoms with E-state index in [0.29, 0.717) is 5.96 Å². The van der Waals surface area contributed by atoms with Crippen LogP contribution in [0.2, 0.25) is 0 Å². The lowest BCUT2D eigenvalue weighted by molar-refractivity contribution is -0.127. The molecule has 0 saturated carbocycles. The lowest BCUT2D eigenvalue weighted by Gasteiger charge is -2.25. The van der Waals surface area contributed by atoms with Crippen LogP contribution in [0, 0.1) is 6.92 Å². The van der Waals surface area contributed by atoms with Crippen LogP contribution in [0.4, 0.5) is 0 Å². The van der Waals surface area contributed by atoms with E-state index in [1.54, 1.807) is 14.1 Å². The predicted molar refractivity (Wildman–Crippen MR) is 100 cm³/mol. The summed E-state index contributed by atoms with van der Waals surface area (Å²) in [6.45, 7) is 5.57. The molecule has 1 unspecified atom stereocenters. The minimum absolute atomic E-state index is 0. The molecule has 0 fully saturated rings. The molecule has 1 aromatic heterocycles. The SMILES string of the molecule is CCNC(=NCC(=O)N(C)C)NC1CCc2nc(C)nn2C1.I. The number of carbonyl (C=O) groups excluding carboxylic acids is 1. The second-order valence-corrected chi connectivity index (χ2v) is 5.62. The minimum atomic E-state index is -0.0185. The van der Waals surface area contributed by atoms with Crippen molar-refractivity contribution in [3.63, 3.8) is 0 Å². The molecule has 0 aliphatic carbocycles. The first-order valence-corrected chi connectivity index (χ1v) is 7.65. The molecule has 9 heteroatoms. The molecule has 1 aliphatic heterocycles. The van der Waals surface area contributed by atoms with Gasteiger partial charge < -0.3 is 15.5 Å². The van der Waals surface area contributed by atoms with E-state index in [2.05, 4.69) is 25.7 Å². The van der Waals surface area contributed by atoms with Crippen molar-refractivity contribution in [2.75, 3.05) is 27.2 Å². The summed E-state index contributed by atoms with van der Waals surface area (Å²) >= 11 is 0. The van der Waals surface area contributed by atoms with Gasteiger partial charge in [-0.15, -0.1) is 24.0 Å². The van der Waals surface area contributed by atoms with Crippen molar-refractivity contribution < 1.29 is 4.79 Å². The van der Waals surface area contributed by atoms with E-state index in [9.17, 15) is 4.79 Å². The summed E-state index contributed by atoms with van der Waals surface area (Å²) in [5.74, 6) is 2.51. The molecule has 1 amide bonds. The first-order valence-electron chi connectivity index (χ1n) is 7.65. The molecule has 2 rings (SSSR count). The van der Waals surface area contributed by atoms with Crippen LogP contribution in [0.25, 0.3) is 0 Å². The molecule has 0 saturated heterocycles. The first-order chi connectivity index (χ1) is 10.5. The molecule has 130 valence electrons. The molecule has 0 bridgehead atoms. The molecule has 1 aromatic rings. The van der Waals surface area contributed by atoms with Crippen molar-refractivity contribution in [1.82, 2.24) is 30.3 Å². The smallest absolute Gasteiger partial charge is 0.243 e. The molecule has 8 nitrogen and oxygen atoms in total. The van der Waals surface area contributed by atoms with Gasteiger partial charge >= 0.3 is 0 Å². The van der Waals surface area contributed by atoms with Crippen molar-refractivity contribution in [3.8, 4) is 0 Å². The fraction of sp³-hybridized carbons (Fsp3) is 0.714. The topological polar surface area (TPSA) is 87.4 Å². The normalized spacial score (nSPS) is 17.0. The van der Waals surface area contributed by atoms with E-state index in [1.807, 2.05) is 18.5 Å². The third-order valence-electron chi connectivity index (χ3n) is 3.52. The Balaban J connectivity index is 0.00000264. The fourth-order valence-corrected chi connectivity index (χ4v) is 2.35. The number of fused-ring (bicyclic) bond motifs is 1. The Morgan fingerprint density at radius 1 is 1.48 bits per heavy atom. The van der Waals surface area contributed by atoms with Crippen LogP contribution < -0.4 is 10.6 Å². The Bertz CT molecular complexity index is 555. The van der Waals surface area contributed by atoms with Crippen molar-refractivity contribution >= 4 is 35.8 Å². The molecular weight excluding hydrogens is 409 g/mol. The summed E-state index contributed by atoms with van der Waals surface area (Å²) in [5, 5.41) is 11.0. The average molecular weight is 435 g/mol. The van der Waals surface area contributed by atoms with Crippen molar-refractivity contribution in [3.05, 3.63) is 11.6 Å². The Hall–Kier alpha value is -1.39. The van der Waals surface area contributed by atoms with Crippen LogP contribution in [0.15, 0.2) is 4.99 Å². The number of nitrogens with one attached hydrogen (secondary N) is 2. The summed E-state index contributed by atoms with van der Waals surface area (Å²) in [6, 6.07) is 0.237. The second kappa shape index (κ2) is 9.04. The lowest BCUT2D eigenvalue weighted by Crippen LogP contribution is -2.47. The Labute approximate surface area is 154 Å². The van der Waals surface area contributed by atoms with Crippen LogP contribution in [0.3, 0.4) is 0 Å². The summed E-state index contributed by atoms with van der Waals surface area (Å²) < 4.78 is 1.95. The van der Waals surface area contributed by atoms with Gasteiger partial charge in [-0.25, -0.2) is 14.7 Å². The first kappa shape index (κ1) is 19.7. The number of nitrogens with zero attached hydrogens (tertiary/aromatic N) is 5. The zero-order valence-electron chi connectivity index (χ0n) is 14.2. The third-order valence-corrected chi connectivity index (χ3v) is 3.52. The average Bonchev–Trinajstić information content (AvgIpc) is 2.83. The molecule has 2 N–H and O–H groups in total. The highest BCUT2D eigenvalue weighted by molar-refractivity contribution is 14.0. The number of halogens is 1. The number of carbonyl (C=O) groups is 1. The van der Waals surface area contributed by atoms with E-state index in [0.717, 1.165) is 37.6 Å². The minimum Gasteiger partial charge on any atom is -0.357 e. The summed E-state index contributed by atoms with van der Waals surface area (Å²) in [7, 11) is 3.46. The van der Waals surface area contributed by atoms with Gasteiger partial charge in [0, 0.05) is 33.1 Å². The molecule has 2 heterocycles. The molecule has 1 aliphatic rings. The number of aromatic nitrogens is 3. The van der Waals surface area contributed by atoms with Crippen LogP contribution in [0.1, 0.15) is 25.0 Å². The van der Waals surface area contributed by atoms with Gasteiger partial charge in [0.2, 0.25) is 5.91 Å². The van der Waals surface area contributed by atoms with E-state index < -0.39 is 0 Å². The quantitative estimate of drug-likeness (QED) is 0.400. The van der Waals surface area contributed by atoms with E-state index in [1.165, 1.54) is 4.90 Å². The van der Waals surface area contributed by atoms with Crippen LogP contribution in [-0.4, -0.2) is 64.8 Å². The Kier molecular flexibility index (Phi) is 7.73. The van der Waals surface area contributed by atoms with Gasteiger partial charge in [0.15, 0.2) is 5.96 Å². The van der Waals surface area contributed by atoms with Crippen molar-refractivity contribution in [2.24, 2.45) is 4.99 Å². The zero-order chi connectivity index (χ0) is 16.1. The van der Waals surface area contributed by atoms with Crippen molar-refractivity contribution in [1.29, 1.82) is 0 Å². The highest BCUT2D eigenvalue weighted by atomic mass is 127. The number of rotatable bonds is 4. The van der Waals surface area contributed by atoms with E-state index in [-0.39, 0.29) is 42.5 Å². The summed E-state index contributed by atoms with van der Waals surface area (Å²) in [5.41, 5.74) is 0. The predicted octanol–water partition coefficient (Wildman–Crippen LogP) is 0.163. The molecular formula is C14H26IN7O. The number of likely N-dealkylation sites (N-methyl/N-ethyl adjacent to an activating group) is 1. The molecule has 0 radical (unpaired) electrons. The standard InChI is InChI=1S/C14H25N7O.HI/c1-5-15-14(16-8-13(22)20(3)4)18-11-6-7-12-17-10(2)19-21(12)9-11;/h11H,5-9H2,1-4H3,(H2,15,16,18);1H. The van der Waals surface area contributed by atoms with E-state index in [4.69, 9.17) is 0 Å². The van der Waals surface area contributed by atoms with Gasteiger partial charge in [0.25, 0.3) is 0 Å². The zero-order valence-corrected chi connectivity index (χ0v) is 16.5. The number of hydrogen-bond acceptors (Lipinski definition) is 4. The Morgan fingerprint density at radius 3 is 2.87 bits per heavy atom. The van der Waals surface area contributed by atoms with Crippen molar-refractivity contribution in [2.45, 2.75) is 39.3 Å². The summed E-state index contributed by atoms with van der Waals surface area (Å²) in [4.78, 5) is 21.9. The van der Waals surface area contributed by atoms with E-state index >= 15 is 0 Å². The Morgan fingerprint density at radius 2 is 2.22 bits per heavy atom.